The van der Waals surface area contributed by atoms with Crippen LogP contribution in [0.15, 0.2) is 48.6 Å². The maximum Gasteiger partial charge on any atom is 0.417 e. The van der Waals surface area contributed by atoms with Crippen LogP contribution in [0.4, 0.5) is 18.9 Å². The van der Waals surface area contributed by atoms with Gasteiger partial charge in [0.05, 0.1) is 333 Å². The molecule has 0 atom stereocenters. The Balaban J connectivity index is 0.664. The minimum Gasteiger partial charge on any atom is -0.492 e. The Morgan fingerprint density at radius 2 is 0.816 bits per heavy atom. The van der Waals surface area contributed by atoms with E-state index in [0.29, 0.717) is 394 Å². The Morgan fingerprint density at radius 3 is 1.18 bits per heavy atom. The zero-order chi connectivity index (χ0) is 97.7. The van der Waals surface area contributed by atoms with Gasteiger partial charge in [0.25, 0.3) is 10.1 Å². The van der Waals surface area contributed by atoms with Gasteiger partial charge in [0.2, 0.25) is 23.0 Å². The lowest BCUT2D eigenvalue weighted by Gasteiger charge is -2.44. The summed E-state index contributed by atoms with van der Waals surface area (Å²) in [4.78, 5) is 32.5. The Hall–Kier alpha value is -6.02. The van der Waals surface area contributed by atoms with E-state index in [-0.39, 0.29) is 71.1 Å². The van der Waals surface area contributed by atoms with Crippen LogP contribution >= 0.6 is 12.0 Å². The number of amides is 1. The number of aromatic hydroxyl groups is 2. The molecule has 3 aromatic rings. The number of aromatic nitrogens is 1. The standard InChI is InChI=1S/C91H147F3N4O36S2/c1-89(2)70-74(72-135-134-133-103)76-66-78-82(68-80(76)96(89)18-11-7-9-13-87(102)132-98-85(100)14-15-86(98)101)131-83-69-81-77(67-79(83)88(78)91(92,93)94)75(73-136(104,105)106)71-90(3,4)97(81)17-10-6-8-12-84(99)95-16-19-108-22-23-110-26-27-112-30-31-114-34-35-116-38-39-118-42-43-120-46-47-122-50-51-124-54-55-126-58-59-128-62-63-130-65-64-129-61-60-127-57-56-125-53-52-123-49-48-121-45-44-119-41-40-117-37-36-115-33-32-113-29-28-111-25-24-109-21-20-107-5/h14-15,66-71H,6-13,16-65,72-73H2,1-5H3,(H4-,95,99,100,101,103,104,105,106)/p+1. The van der Waals surface area contributed by atoms with Crippen molar-refractivity contribution >= 4 is 56.4 Å². The topological polar surface area (TPSA) is 431 Å². The van der Waals surface area contributed by atoms with Crippen LogP contribution in [-0.2, 0) is 143 Å². The Kier molecular flexibility index (Phi) is 63.8. The zero-order valence-electron chi connectivity index (χ0n) is 79.7. The van der Waals surface area contributed by atoms with Gasteiger partial charge < -0.3 is 144 Å². The summed E-state index contributed by atoms with van der Waals surface area (Å²) in [6, 6.07) is 8.02. The predicted octanol–water partition coefficient (Wildman–Crippen LogP) is 6.29. The zero-order valence-corrected chi connectivity index (χ0v) is 81.3. The molecule has 0 radical (unpaired) electrons. The van der Waals surface area contributed by atoms with Crippen LogP contribution in [0.3, 0.4) is 0 Å². The second kappa shape index (κ2) is 73.1. The average molecular weight is 2000 g/mol. The molecular formula is C91H148F3N4O36S2+. The number of methoxy groups -OCH3 is 1. The van der Waals surface area contributed by atoms with Gasteiger partial charge in [-0.15, -0.1) is 9.06 Å². The van der Waals surface area contributed by atoms with E-state index in [1.807, 2.05) is 43.2 Å². The van der Waals surface area contributed by atoms with Crippen LogP contribution < -0.4 is 34.9 Å². The van der Waals surface area contributed by atoms with E-state index in [1.165, 1.54) is 30.3 Å². The molecule has 1 aromatic heterocycles. The number of unbranched alkanes of at least 4 members (excludes halogenated alkanes) is 4. The molecule has 1 amide bonds. The molecule has 2 aromatic carbocycles. The summed E-state index contributed by atoms with van der Waals surface area (Å²) in [5.41, 5.74) is -1.28. The van der Waals surface area contributed by atoms with Crippen molar-refractivity contribution in [2.75, 3.05) is 354 Å². The molecule has 136 heavy (non-hydrogen) atoms. The molecule has 780 valence electrons. The lowest BCUT2D eigenvalue weighted by Crippen LogP contribution is -2.50. The van der Waals surface area contributed by atoms with E-state index in [4.69, 9.17) is 133 Å². The van der Waals surface area contributed by atoms with Crippen molar-refractivity contribution in [3.63, 3.8) is 0 Å². The summed E-state index contributed by atoms with van der Waals surface area (Å²) in [6.45, 7) is 29.8. The van der Waals surface area contributed by atoms with Gasteiger partial charge >= 0.3 is 12.1 Å². The highest BCUT2D eigenvalue weighted by Crippen LogP contribution is 2.49. The maximum atomic E-state index is 15.9. The largest absolute Gasteiger partial charge is 0.492 e. The minimum atomic E-state index is -4.99. The number of nitrogens with zero attached hydrogens (tertiary/aromatic N) is 3. The smallest absolute Gasteiger partial charge is 0.417 e. The lowest BCUT2D eigenvalue weighted by atomic mass is 9.85. The van der Waals surface area contributed by atoms with E-state index in [2.05, 4.69) is 10.4 Å². The van der Waals surface area contributed by atoms with E-state index in [9.17, 15) is 32.8 Å². The maximum absolute atomic E-state index is 15.9. The van der Waals surface area contributed by atoms with Crippen molar-refractivity contribution in [3.05, 3.63) is 75.8 Å². The first kappa shape index (κ1) is 119. The van der Waals surface area contributed by atoms with Gasteiger partial charge in [-0.25, -0.2) is 14.6 Å². The first-order valence-electron chi connectivity index (χ1n) is 46.4. The first-order chi connectivity index (χ1) is 66.0. The molecule has 40 nitrogen and oxygen atoms in total. The molecule has 0 unspecified atom stereocenters. The Morgan fingerprint density at radius 1 is 0.449 bits per heavy atom. The number of carbonyl (C=O) groups excluding carboxylic acids is 2. The van der Waals surface area contributed by atoms with Gasteiger partial charge in [-0.1, -0.05) is 17.5 Å². The number of nitrogens with one attached hydrogen (secondary N) is 1. The fourth-order valence-electron chi connectivity index (χ4n) is 13.9. The van der Waals surface area contributed by atoms with Crippen LogP contribution in [0.5, 0.6) is 23.3 Å². The molecule has 0 aliphatic carbocycles. The minimum absolute atomic E-state index is 0.0357. The molecule has 0 fully saturated rings. The van der Waals surface area contributed by atoms with E-state index < -0.39 is 56.4 Å². The molecule has 6 rings (SSSR count). The van der Waals surface area contributed by atoms with Gasteiger partial charge in [0, 0.05) is 111 Å². The predicted molar refractivity (Wildman–Crippen MR) is 492 cm³/mol. The summed E-state index contributed by atoms with van der Waals surface area (Å²) >= 11 is 0.712. The third-order valence-corrected chi connectivity index (χ3v) is 21.6. The Bertz CT molecular complexity index is 3990. The van der Waals surface area contributed by atoms with Crippen LogP contribution in [0.1, 0.15) is 95.8 Å². The second-order valence-electron chi connectivity index (χ2n) is 31.6. The fraction of sp³-hybridized carbons (Fsp3) is 0.747. The number of carbonyl (C=O) groups is 2. The van der Waals surface area contributed by atoms with Crippen molar-refractivity contribution in [1.29, 1.82) is 0 Å². The molecule has 0 bridgehead atoms. The number of rotatable bonds is 91. The average Bonchev–Trinajstić information content (AvgIpc) is 0.749. The number of anilines is 1. The number of alkyl halides is 3. The Labute approximate surface area is 800 Å². The van der Waals surface area contributed by atoms with E-state index in [1.54, 1.807) is 19.3 Å². The van der Waals surface area contributed by atoms with Gasteiger partial charge in [0.15, 0.2) is 5.54 Å². The summed E-state index contributed by atoms with van der Waals surface area (Å²) in [5.74, 6) is -2.85. The molecule has 0 saturated carbocycles. The number of halogens is 3. The first-order valence-corrected chi connectivity index (χ1v) is 48.9. The quantitative estimate of drug-likeness (QED) is 0.0103. The number of benzene rings is 2. The SMILES string of the molecule is COCCOCCOCCOCCOCCOCCOCCOCCOCCOCCOCCOCCOCCOCCOCCOCCOCCOCCOCCOCCOCCOCCOCCOCCNC(=O)CCCCC[N+]1=c2cc3c(cc2C(CS(=O)(=O)O)=CC1(C)C)=C(C(F)(F)F)c1cc2c(cc1O3)N(CCCCCC(=O)On1c(O)ccc1O)C(C)(C)C=C2CSOOO. The van der Waals surface area contributed by atoms with Crippen molar-refractivity contribution in [3.8, 4) is 23.3 Å². The fourth-order valence-corrected chi connectivity index (χ4v) is 15.0. The van der Waals surface area contributed by atoms with Crippen LogP contribution in [0, 0.1) is 0 Å². The summed E-state index contributed by atoms with van der Waals surface area (Å²) < 4.78 is 229. The molecule has 5 N–H and O–H groups in total. The summed E-state index contributed by atoms with van der Waals surface area (Å²) in [6.07, 6.45) is 1.74. The number of hydrogen-bond acceptors (Lipinski definition) is 37. The second-order valence-corrected chi connectivity index (χ2v) is 33.8. The third kappa shape index (κ3) is 52.1. The van der Waals surface area contributed by atoms with Crippen molar-refractivity contribution in [2.45, 2.75) is 96.3 Å². The number of ether oxygens (including phenoxy) is 25. The highest BCUT2D eigenvalue weighted by Gasteiger charge is 2.44. The molecule has 3 aliphatic heterocycles. The van der Waals surface area contributed by atoms with Crippen LogP contribution in [0.2, 0.25) is 0 Å². The number of hydrogen-bond donors (Lipinski definition) is 5. The monoisotopic (exact) mass is 1990 g/mol. The molecule has 0 spiro atoms. The van der Waals surface area contributed by atoms with Crippen LogP contribution in [0.25, 0.3) is 16.7 Å². The number of fused-ring (bicyclic) bond motifs is 4. The molecular weight excluding hydrogens is 1850 g/mol. The van der Waals surface area contributed by atoms with Gasteiger partial charge in [0.1, 0.15) is 23.8 Å². The van der Waals surface area contributed by atoms with Gasteiger partial charge in [-0.3, -0.25) is 9.35 Å². The highest BCUT2D eigenvalue weighted by molar-refractivity contribution is 7.95. The van der Waals surface area contributed by atoms with Crippen LogP contribution in [-0.4, -0.2) is 411 Å². The summed E-state index contributed by atoms with van der Waals surface area (Å²) in [7, 11) is -3.05. The van der Waals surface area contributed by atoms with E-state index >= 15 is 13.2 Å². The van der Waals surface area contributed by atoms with Gasteiger partial charge in [-0.05, 0) is 68.9 Å². The van der Waals surface area contributed by atoms with Crippen molar-refractivity contribution in [1.82, 2.24) is 14.6 Å². The lowest BCUT2D eigenvalue weighted by molar-refractivity contribution is -0.432. The third-order valence-electron chi connectivity index (χ3n) is 20.3. The molecule has 45 heteroatoms. The normalized spacial score (nSPS) is 14.0. The molecule has 0 saturated heterocycles. The van der Waals surface area contributed by atoms with Crippen molar-refractivity contribution < 1.29 is 184 Å². The van der Waals surface area contributed by atoms with Crippen molar-refractivity contribution in [2.24, 2.45) is 0 Å². The van der Waals surface area contributed by atoms with Gasteiger partial charge in [-0.2, -0.15) is 21.6 Å². The summed E-state index contributed by atoms with van der Waals surface area (Å²) in [5, 5.41) is 35.5. The molecule has 3 aliphatic rings. The molecule has 4 heterocycles. The van der Waals surface area contributed by atoms with E-state index in [0.717, 1.165) is 0 Å². The highest BCUT2D eigenvalue weighted by atomic mass is 32.2.